The molecular weight excluding hydrogens is 322 g/mol. The molecule has 1 amide bonds. The monoisotopic (exact) mass is 335 g/mol. The molecule has 0 saturated heterocycles. The fourth-order valence-corrected chi connectivity index (χ4v) is 3.46. The number of fused-ring (bicyclic) bond motifs is 1. The Morgan fingerprint density at radius 2 is 2.18 bits per heavy atom. The molecule has 1 aromatic heterocycles. The fourth-order valence-electron chi connectivity index (χ4n) is 2.73. The molecular formula is C15H14ClN3O2S. The number of hydrogen-bond donors (Lipinski definition) is 1. The summed E-state index contributed by atoms with van der Waals surface area (Å²) < 4.78 is 1.75. The molecule has 0 radical (unpaired) electrons. The van der Waals surface area contributed by atoms with Crippen molar-refractivity contribution in [1.29, 1.82) is 0 Å². The van der Waals surface area contributed by atoms with E-state index in [2.05, 4.69) is 10.3 Å². The van der Waals surface area contributed by atoms with E-state index in [-0.39, 0.29) is 23.8 Å². The first-order chi connectivity index (χ1) is 10.5. The molecule has 2 heterocycles. The predicted molar refractivity (Wildman–Crippen MR) is 87.8 cm³/mol. The van der Waals surface area contributed by atoms with E-state index in [4.69, 9.17) is 11.6 Å². The van der Waals surface area contributed by atoms with Crippen LogP contribution < -0.4 is 10.9 Å². The van der Waals surface area contributed by atoms with Gasteiger partial charge in [0, 0.05) is 24.4 Å². The summed E-state index contributed by atoms with van der Waals surface area (Å²) in [5.74, 6) is 0.0702. The maximum absolute atomic E-state index is 12.4. The molecule has 1 aromatic carbocycles. The second-order valence-corrected chi connectivity index (χ2v) is 6.29. The van der Waals surface area contributed by atoms with Gasteiger partial charge < -0.3 is 9.88 Å². The van der Waals surface area contributed by atoms with Crippen LogP contribution >= 0.6 is 23.4 Å². The van der Waals surface area contributed by atoms with Gasteiger partial charge in [-0.25, -0.2) is 0 Å². The molecule has 1 aliphatic rings. The summed E-state index contributed by atoms with van der Waals surface area (Å²) in [5.41, 5.74) is 1.06. The molecule has 0 spiro atoms. The van der Waals surface area contributed by atoms with E-state index in [1.54, 1.807) is 23.7 Å². The third-order valence-corrected chi connectivity index (χ3v) is 4.70. The smallest absolute Gasteiger partial charge is 0.279 e. The van der Waals surface area contributed by atoms with Gasteiger partial charge in [0.1, 0.15) is 5.82 Å². The second kappa shape index (κ2) is 5.78. The van der Waals surface area contributed by atoms with E-state index in [1.807, 2.05) is 18.4 Å². The van der Waals surface area contributed by atoms with E-state index in [0.29, 0.717) is 21.6 Å². The van der Waals surface area contributed by atoms with Crippen LogP contribution in [0, 0.1) is 0 Å². The number of nitrogens with one attached hydrogen (secondary N) is 1. The Hall–Kier alpha value is -1.79. The van der Waals surface area contributed by atoms with E-state index in [9.17, 15) is 9.59 Å². The van der Waals surface area contributed by atoms with Crippen LogP contribution in [0.1, 0.15) is 23.5 Å². The highest BCUT2D eigenvalue weighted by Gasteiger charge is 2.31. The van der Waals surface area contributed by atoms with Crippen LogP contribution in [0.4, 0.5) is 5.82 Å². The Morgan fingerprint density at radius 1 is 1.41 bits per heavy atom. The lowest BCUT2D eigenvalue weighted by atomic mass is 9.87. The molecule has 1 N–H and O–H groups in total. The van der Waals surface area contributed by atoms with E-state index in [1.165, 1.54) is 11.8 Å². The minimum absolute atomic E-state index is 0.120. The number of aromatic nitrogens is 2. The Labute approximate surface area is 136 Å². The Bertz CT molecular complexity index is 819. The third-order valence-electron chi connectivity index (χ3n) is 3.73. The molecule has 0 saturated carbocycles. The zero-order chi connectivity index (χ0) is 15.9. The van der Waals surface area contributed by atoms with Crippen LogP contribution in [0.25, 0.3) is 0 Å². The molecule has 1 aliphatic heterocycles. The van der Waals surface area contributed by atoms with Gasteiger partial charge in [0.15, 0.2) is 5.16 Å². The lowest BCUT2D eigenvalue weighted by molar-refractivity contribution is -0.116. The molecule has 114 valence electrons. The van der Waals surface area contributed by atoms with Crippen LogP contribution in [0.3, 0.4) is 0 Å². The number of anilines is 1. The summed E-state index contributed by atoms with van der Waals surface area (Å²) in [5, 5.41) is 3.94. The molecule has 0 bridgehead atoms. The lowest BCUT2D eigenvalue weighted by Crippen LogP contribution is -2.33. The first-order valence-electron chi connectivity index (χ1n) is 6.71. The van der Waals surface area contributed by atoms with Gasteiger partial charge >= 0.3 is 0 Å². The van der Waals surface area contributed by atoms with Gasteiger partial charge in [-0.1, -0.05) is 35.5 Å². The number of carbonyl (C=O) groups is 1. The third kappa shape index (κ3) is 2.53. The number of hydrogen-bond acceptors (Lipinski definition) is 4. The van der Waals surface area contributed by atoms with Gasteiger partial charge in [-0.3, -0.25) is 9.59 Å². The summed E-state index contributed by atoms with van der Waals surface area (Å²) in [6.07, 6.45) is 2.05. The second-order valence-electron chi connectivity index (χ2n) is 5.08. The molecule has 3 rings (SSSR count). The average molecular weight is 336 g/mol. The van der Waals surface area contributed by atoms with Gasteiger partial charge in [0.2, 0.25) is 5.91 Å². The first kappa shape index (κ1) is 15.1. The number of benzene rings is 1. The van der Waals surface area contributed by atoms with Crippen LogP contribution in [-0.2, 0) is 11.8 Å². The molecule has 1 atom stereocenters. The molecule has 0 unspecified atom stereocenters. The average Bonchev–Trinajstić information content (AvgIpc) is 2.50. The molecule has 7 heteroatoms. The van der Waals surface area contributed by atoms with Crippen molar-refractivity contribution >= 4 is 35.1 Å². The summed E-state index contributed by atoms with van der Waals surface area (Å²) in [6, 6.07) is 7.25. The highest BCUT2D eigenvalue weighted by atomic mass is 35.5. The van der Waals surface area contributed by atoms with Crippen molar-refractivity contribution in [3.8, 4) is 0 Å². The summed E-state index contributed by atoms with van der Waals surface area (Å²) in [7, 11) is 1.79. The molecule has 0 fully saturated rings. The summed E-state index contributed by atoms with van der Waals surface area (Å²) in [6.45, 7) is 0. The molecule has 0 aliphatic carbocycles. The van der Waals surface area contributed by atoms with Crippen LogP contribution in [0.2, 0.25) is 5.02 Å². The topological polar surface area (TPSA) is 64.0 Å². The minimum Gasteiger partial charge on any atom is -0.312 e. The number of halogens is 1. The quantitative estimate of drug-likeness (QED) is 0.677. The Balaban J connectivity index is 2.24. The molecule has 22 heavy (non-hydrogen) atoms. The maximum atomic E-state index is 12.4. The number of nitrogens with zero attached hydrogens (tertiary/aromatic N) is 2. The predicted octanol–water partition coefficient (Wildman–Crippen LogP) is 2.63. The van der Waals surface area contributed by atoms with Gasteiger partial charge in [0.25, 0.3) is 5.56 Å². The van der Waals surface area contributed by atoms with Gasteiger partial charge in [-0.05, 0) is 24.0 Å². The van der Waals surface area contributed by atoms with Gasteiger partial charge in [0.05, 0.1) is 5.56 Å². The van der Waals surface area contributed by atoms with Crippen molar-refractivity contribution in [3.05, 3.63) is 50.8 Å². The summed E-state index contributed by atoms with van der Waals surface area (Å²) >= 11 is 7.41. The van der Waals surface area contributed by atoms with Crippen molar-refractivity contribution in [1.82, 2.24) is 9.55 Å². The Morgan fingerprint density at radius 3 is 2.86 bits per heavy atom. The van der Waals surface area contributed by atoms with Crippen molar-refractivity contribution in [3.63, 3.8) is 0 Å². The van der Waals surface area contributed by atoms with Crippen molar-refractivity contribution in [2.24, 2.45) is 7.05 Å². The number of thioether (sulfide) groups is 1. The maximum Gasteiger partial charge on any atom is 0.279 e. The number of amides is 1. The molecule has 2 aromatic rings. The first-order valence-corrected chi connectivity index (χ1v) is 8.31. The van der Waals surface area contributed by atoms with E-state index >= 15 is 0 Å². The Kier molecular flexibility index (Phi) is 3.97. The van der Waals surface area contributed by atoms with Crippen molar-refractivity contribution in [2.75, 3.05) is 11.6 Å². The highest BCUT2D eigenvalue weighted by Crippen LogP contribution is 2.36. The fraction of sp³-hybridized carbons (Fsp3) is 0.267. The van der Waals surface area contributed by atoms with E-state index in [0.717, 1.165) is 5.56 Å². The van der Waals surface area contributed by atoms with Crippen molar-refractivity contribution < 1.29 is 4.79 Å². The zero-order valence-corrected chi connectivity index (χ0v) is 13.7. The van der Waals surface area contributed by atoms with Crippen molar-refractivity contribution in [2.45, 2.75) is 17.5 Å². The standard InChI is InChI=1S/C15H14ClN3O2S/c1-19-13-12(14(21)18-15(19)22-2)10(7-11(20)17-13)8-4-3-5-9(16)6-8/h3-6,10H,7H2,1-2H3,(H,17,20)/t10-/m1/s1. The highest BCUT2D eigenvalue weighted by molar-refractivity contribution is 7.98. The lowest BCUT2D eigenvalue weighted by Gasteiger charge is -2.27. The molecule has 5 nitrogen and oxygen atoms in total. The van der Waals surface area contributed by atoms with Gasteiger partial charge in [-0.15, -0.1) is 0 Å². The summed E-state index contributed by atoms with van der Waals surface area (Å²) in [4.78, 5) is 28.6. The zero-order valence-electron chi connectivity index (χ0n) is 12.1. The van der Waals surface area contributed by atoms with Gasteiger partial charge in [-0.2, -0.15) is 4.98 Å². The number of carbonyl (C=O) groups excluding carboxylic acids is 1. The minimum atomic E-state index is -0.329. The van der Waals surface area contributed by atoms with E-state index < -0.39 is 0 Å². The van der Waals surface area contributed by atoms with Crippen LogP contribution in [0.15, 0.2) is 34.2 Å². The van der Waals surface area contributed by atoms with Crippen LogP contribution in [-0.4, -0.2) is 21.7 Å². The van der Waals surface area contributed by atoms with Crippen LogP contribution in [0.5, 0.6) is 0 Å². The SMILES string of the molecule is CSc1nc(=O)c2c(n1C)NC(=O)C[C@@H]2c1cccc(Cl)c1. The normalized spacial score (nSPS) is 17.0. The largest absolute Gasteiger partial charge is 0.312 e. The number of rotatable bonds is 2.